The lowest BCUT2D eigenvalue weighted by Crippen LogP contribution is -2.05. The summed E-state index contributed by atoms with van der Waals surface area (Å²) in [6.07, 6.45) is 3.32. The van der Waals surface area contributed by atoms with Gasteiger partial charge in [-0.1, -0.05) is 25.6 Å². The van der Waals surface area contributed by atoms with E-state index >= 15 is 0 Å². The first-order valence-electron chi connectivity index (χ1n) is 4.26. The lowest BCUT2D eigenvalue weighted by molar-refractivity contribution is 0.0688. The molecule has 14 heavy (non-hydrogen) atoms. The molecule has 0 atom stereocenters. The third-order valence-corrected chi connectivity index (χ3v) is 1.90. The van der Waals surface area contributed by atoms with Crippen LogP contribution in [0.3, 0.4) is 0 Å². The summed E-state index contributed by atoms with van der Waals surface area (Å²) in [6, 6.07) is 0. The molecule has 0 amide bonds. The third kappa shape index (κ3) is 3.33. The molecular weight excluding hydrogens is 200 g/mol. The monoisotopic (exact) mass is 214 g/mol. The highest BCUT2D eigenvalue weighted by Crippen LogP contribution is 2.10. The molecule has 0 saturated heterocycles. The molecule has 0 aromatic carbocycles. The Bertz CT molecular complexity index is 316. The molecule has 0 aliphatic heterocycles. The highest BCUT2D eigenvalue weighted by molar-refractivity contribution is 7.98. The summed E-state index contributed by atoms with van der Waals surface area (Å²) in [5, 5.41) is 9.17. The summed E-state index contributed by atoms with van der Waals surface area (Å²) in [4.78, 5) is 18.4. The van der Waals surface area contributed by atoms with E-state index in [1.807, 2.05) is 13.8 Å². The number of carboxylic acid groups (broad SMARTS) is 1. The van der Waals surface area contributed by atoms with Gasteiger partial charge in [-0.05, 0) is 13.2 Å². The van der Waals surface area contributed by atoms with Gasteiger partial charge < -0.3 is 5.11 Å². The first-order valence-corrected chi connectivity index (χ1v) is 5.48. The Morgan fingerprint density at radius 1 is 1.50 bits per heavy atom. The number of hydrogen-bond acceptors (Lipinski definition) is 4. The van der Waals surface area contributed by atoms with Crippen LogP contribution in [-0.2, 0) is 0 Å². The Kier molecular flexibility index (Phi) is 5.87. The van der Waals surface area contributed by atoms with Gasteiger partial charge in [0.1, 0.15) is 0 Å². The maximum Gasteiger partial charge on any atom is 0.354 e. The van der Waals surface area contributed by atoms with Crippen molar-refractivity contribution in [2.75, 3.05) is 6.26 Å². The van der Waals surface area contributed by atoms with Crippen molar-refractivity contribution in [3.05, 3.63) is 17.5 Å². The first-order chi connectivity index (χ1) is 6.65. The van der Waals surface area contributed by atoms with Gasteiger partial charge >= 0.3 is 5.97 Å². The Morgan fingerprint density at radius 2 is 2.07 bits per heavy atom. The summed E-state index contributed by atoms with van der Waals surface area (Å²) in [7, 11) is 0. The van der Waals surface area contributed by atoms with Crippen molar-refractivity contribution in [1.82, 2.24) is 9.97 Å². The molecule has 1 aromatic rings. The van der Waals surface area contributed by atoms with Crippen LogP contribution < -0.4 is 0 Å². The topological polar surface area (TPSA) is 63.1 Å². The van der Waals surface area contributed by atoms with E-state index in [2.05, 4.69) is 9.97 Å². The number of hydrogen-bond donors (Lipinski definition) is 1. The van der Waals surface area contributed by atoms with Crippen molar-refractivity contribution in [2.24, 2.45) is 0 Å². The second-order valence-corrected chi connectivity index (χ2v) is 2.97. The van der Waals surface area contributed by atoms with E-state index in [0.717, 1.165) is 0 Å². The van der Waals surface area contributed by atoms with Crippen LogP contribution in [-0.4, -0.2) is 27.3 Å². The number of aromatic nitrogens is 2. The van der Waals surface area contributed by atoms with Crippen LogP contribution in [0.15, 0.2) is 11.4 Å². The smallest absolute Gasteiger partial charge is 0.354 e. The van der Waals surface area contributed by atoms with Gasteiger partial charge in [-0.15, -0.1) is 0 Å². The Hall–Kier alpha value is -1.10. The second kappa shape index (κ2) is 6.37. The van der Waals surface area contributed by atoms with Crippen LogP contribution >= 0.6 is 11.8 Å². The zero-order valence-electron chi connectivity index (χ0n) is 8.74. The number of aromatic carboxylic acids is 1. The van der Waals surface area contributed by atoms with E-state index in [9.17, 15) is 4.79 Å². The summed E-state index contributed by atoms with van der Waals surface area (Å²) < 4.78 is 0. The zero-order valence-corrected chi connectivity index (χ0v) is 9.55. The fourth-order valence-corrected chi connectivity index (χ4v) is 1.08. The van der Waals surface area contributed by atoms with E-state index in [-0.39, 0.29) is 5.69 Å². The number of rotatable bonds is 2. The molecule has 4 nitrogen and oxygen atoms in total. The standard InChI is InChI=1S/C7H8N2O2S.C2H6/c1-4-3-8-7(12-2)9-5(4)6(10)11;1-2/h3H,1-2H3,(H,10,11);1-2H3. The van der Waals surface area contributed by atoms with E-state index in [1.165, 1.54) is 18.0 Å². The predicted octanol–water partition coefficient (Wildman–Crippen LogP) is 2.23. The van der Waals surface area contributed by atoms with Crippen molar-refractivity contribution in [2.45, 2.75) is 25.9 Å². The molecule has 78 valence electrons. The van der Waals surface area contributed by atoms with Crippen LogP contribution in [0.4, 0.5) is 0 Å². The zero-order chi connectivity index (χ0) is 11.1. The second-order valence-electron chi connectivity index (χ2n) is 2.19. The van der Waals surface area contributed by atoms with Gasteiger partial charge in [0.25, 0.3) is 0 Å². The molecule has 1 N–H and O–H groups in total. The summed E-state index contributed by atoms with van der Waals surface area (Å²) in [5.41, 5.74) is 0.662. The predicted molar refractivity (Wildman–Crippen MR) is 56.9 cm³/mol. The van der Waals surface area contributed by atoms with Crippen molar-refractivity contribution < 1.29 is 9.90 Å². The maximum absolute atomic E-state index is 10.6. The van der Waals surface area contributed by atoms with Gasteiger partial charge in [-0.2, -0.15) is 0 Å². The Balaban J connectivity index is 0.000000791. The van der Waals surface area contributed by atoms with Gasteiger partial charge in [0, 0.05) is 11.8 Å². The lowest BCUT2D eigenvalue weighted by Gasteiger charge is -1.99. The van der Waals surface area contributed by atoms with Crippen LogP contribution in [0, 0.1) is 6.92 Å². The minimum atomic E-state index is -1.01. The average molecular weight is 214 g/mol. The molecule has 0 spiro atoms. The fourth-order valence-electron chi connectivity index (χ4n) is 0.741. The molecule has 0 aliphatic rings. The molecule has 1 rings (SSSR count). The molecule has 1 aromatic heterocycles. The fraction of sp³-hybridized carbons (Fsp3) is 0.444. The van der Waals surface area contributed by atoms with Crippen LogP contribution in [0.2, 0.25) is 0 Å². The Morgan fingerprint density at radius 3 is 2.50 bits per heavy atom. The van der Waals surface area contributed by atoms with E-state index < -0.39 is 5.97 Å². The largest absolute Gasteiger partial charge is 0.476 e. The van der Waals surface area contributed by atoms with Gasteiger partial charge in [0.05, 0.1) is 0 Å². The molecule has 0 saturated carbocycles. The number of carbonyl (C=O) groups is 1. The first kappa shape index (κ1) is 12.9. The number of aryl methyl sites for hydroxylation is 1. The van der Waals surface area contributed by atoms with Crippen molar-refractivity contribution in [1.29, 1.82) is 0 Å². The average Bonchev–Trinajstić information content (AvgIpc) is 2.21. The van der Waals surface area contributed by atoms with Crippen molar-refractivity contribution in [3.63, 3.8) is 0 Å². The lowest BCUT2D eigenvalue weighted by atomic mass is 10.3. The van der Waals surface area contributed by atoms with Crippen molar-refractivity contribution >= 4 is 17.7 Å². The normalized spacial score (nSPS) is 8.86. The van der Waals surface area contributed by atoms with Gasteiger partial charge in [-0.3, -0.25) is 0 Å². The minimum Gasteiger partial charge on any atom is -0.476 e. The highest BCUT2D eigenvalue weighted by atomic mass is 32.2. The summed E-state index contributed by atoms with van der Waals surface area (Å²) in [5.74, 6) is -1.01. The number of nitrogens with zero attached hydrogens (tertiary/aromatic N) is 2. The van der Waals surface area contributed by atoms with E-state index in [4.69, 9.17) is 5.11 Å². The molecule has 0 fully saturated rings. The van der Waals surface area contributed by atoms with Crippen LogP contribution in [0.1, 0.15) is 29.9 Å². The molecule has 0 bridgehead atoms. The van der Waals surface area contributed by atoms with Gasteiger partial charge in [-0.25, -0.2) is 14.8 Å². The number of thioether (sulfide) groups is 1. The summed E-state index contributed by atoms with van der Waals surface area (Å²) in [6.45, 7) is 5.67. The van der Waals surface area contributed by atoms with Gasteiger partial charge in [0.15, 0.2) is 10.9 Å². The van der Waals surface area contributed by atoms with Crippen LogP contribution in [0.25, 0.3) is 0 Å². The maximum atomic E-state index is 10.6. The van der Waals surface area contributed by atoms with Gasteiger partial charge in [0.2, 0.25) is 0 Å². The van der Waals surface area contributed by atoms with Crippen LogP contribution in [0.5, 0.6) is 0 Å². The SMILES string of the molecule is CC.CSc1ncc(C)c(C(=O)O)n1. The highest BCUT2D eigenvalue weighted by Gasteiger charge is 2.09. The van der Waals surface area contributed by atoms with E-state index in [0.29, 0.717) is 10.7 Å². The van der Waals surface area contributed by atoms with Crippen molar-refractivity contribution in [3.8, 4) is 0 Å². The number of carboxylic acids is 1. The molecule has 0 unspecified atom stereocenters. The van der Waals surface area contributed by atoms with E-state index in [1.54, 1.807) is 13.2 Å². The third-order valence-electron chi connectivity index (χ3n) is 1.33. The summed E-state index contributed by atoms with van der Waals surface area (Å²) >= 11 is 1.32. The molecular formula is C9H14N2O2S. The minimum absolute atomic E-state index is 0.0781. The molecule has 0 aliphatic carbocycles. The quantitative estimate of drug-likeness (QED) is 0.604. The Labute approximate surface area is 87.8 Å². The molecule has 1 heterocycles. The molecule has 0 radical (unpaired) electrons. The molecule has 5 heteroatoms.